The number of amides is 1. The second-order valence-corrected chi connectivity index (χ2v) is 5.67. The van der Waals surface area contributed by atoms with Crippen LogP contribution in [0.15, 0.2) is 47.2 Å². The molecular weight excluding hydrogens is 347 g/mol. The highest BCUT2D eigenvalue weighted by atomic mass is 35.5. The topological polar surface area (TPSA) is 80.9 Å². The molecule has 1 N–H and O–H groups in total. The average molecular weight is 361 g/mol. The van der Waals surface area contributed by atoms with E-state index in [-0.39, 0.29) is 23.9 Å². The predicted molar refractivity (Wildman–Crippen MR) is 89.1 cm³/mol. The SMILES string of the molecule is O=C(CCc1nc(-c2cccnc2)no1)NCc1ccc(F)cc1Cl. The lowest BCUT2D eigenvalue weighted by atomic mass is 10.2. The first-order valence-electron chi connectivity index (χ1n) is 7.55. The zero-order valence-corrected chi connectivity index (χ0v) is 13.8. The Morgan fingerprint density at radius 1 is 1.32 bits per heavy atom. The van der Waals surface area contributed by atoms with Gasteiger partial charge < -0.3 is 9.84 Å². The Morgan fingerprint density at radius 2 is 2.20 bits per heavy atom. The molecule has 3 aromatic rings. The van der Waals surface area contributed by atoms with E-state index in [0.717, 1.165) is 5.56 Å². The number of hydrogen-bond donors (Lipinski definition) is 1. The molecule has 0 aliphatic rings. The van der Waals surface area contributed by atoms with Crippen molar-refractivity contribution in [3.05, 3.63) is 65.0 Å². The van der Waals surface area contributed by atoms with Crippen LogP contribution in [0.3, 0.4) is 0 Å². The van der Waals surface area contributed by atoms with Crippen molar-refractivity contribution < 1.29 is 13.7 Å². The first-order valence-corrected chi connectivity index (χ1v) is 7.93. The number of aryl methyl sites for hydroxylation is 1. The highest BCUT2D eigenvalue weighted by molar-refractivity contribution is 6.31. The Morgan fingerprint density at radius 3 is 2.96 bits per heavy atom. The minimum absolute atomic E-state index is 0.188. The van der Waals surface area contributed by atoms with Gasteiger partial charge in [-0.15, -0.1) is 0 Å². The van der Waals surface area contributed by atoms with Crippen LogP contribution in [0.1, 0.15) is 17.9 Å². The summed E-state index contributed by atoms with van der Waals surface area (Å²) in [6.07, 6.45) is 3.79. The van der Waals surface area contributed by atoms with E-state index < -0.39 is 5.82 Å². The number of halogens is 2. The van der Waals surface area contributed by atoms with E-state index >= 15 is 0 Å². The van der Waals surface area contributed by atoms with Crippen LogP contribution in [0, 0.1) is 5.82 Å². The molecule has 0 unspecified atom stereocenters. The minimum Gasteiger partial charge on any atom is -0.352 e. The van der Waals surface area contributed by atoms with Crippen molar-refractivity contribution in [2.75, 3.05) is 0 Å². The molecule has 0 saturated carbocycles. The molecule has 0 fully saturated rings. The molecule has 8 heteroatoms. The van der Waals surface area contributed by atoms with Gasteiger partial charge in [-0.1, -0.05) is 22.8 Å². The fourth-order valence-corrected chi connectivity index (χ4v) is 2.37. The fourth-order valence-electron chi connectivity index (χ4n) is 2.14. The lowest BCUT2D eigenvalue weighted by Crippen LogP contribution is -2.23. The quantitative estimate of drug-likeness (QED) is 0.730. The Bertz CT molecular complexity index is 870. The van der Waals surface area contributed by atoms with Crippen molar-refractivity contribution in [2.24, 2.45) is 0 Å². The van der Waals surface area contributed by atoms with Crippen molar-refractivity contribution in [3.8, 4) is 11.4 Å². The standard InChI is InChI=1S/C17H14ClFN4O2/c18-14-8-13(19)4-3-11(14)10-21-15(24)5-6-16-22-17(23-25-16)12-2-1-7-20-9-12/h1-4,7-9H,5-6,10H2,(H,21,24). The van der Waals surface area contributed by atoms with Gasteiger partial charge in [0.05, 0.1) is 0 Å². The number of aromatic nitrogens is 3. The van der Waals surface area contributed by atoms with E-state index in [1.165, 1.54) is 18.2 Å². The maximum atomic E-state index is 13.0. The van der Waals surface area contributed by atoms with Crippen molar-refractivity contribution in [2.45, 2.75) is 19.4 Å². The summed E-state index contributed by atoms with van der Waals surface area (Å²) in [5, 5.41) is 6.87. The van der Waals surface area contributed by atoms with Crippen molar-refractivity contribution in [1.29, 1.82) is 0 Å². The van der Waals surface area contributed by atoms with Gasteiger partial charge in [0.2, 0.25) is 17.6 Å². The highest BCUT2D eigenvalue weighted by Crippen LogP contribution is 2.17. The van der Waals surface area contributed by atoms with Gasteiger partial charge in [-0.2, -0.15) is 4.98 Å². The maximum Gasteiger partial charge on any atom is 0.227 e. The van der Waals surface area contributed by atoms with Gasteiger partial charge in [-0.3, -0.25) is 9.78 Å². The van der Waals surface area contributed by atoms with E-state index in [0.29, 0.717) is 23.7 Å². The molecule has 0 aliphatic carbocycles. The van der Waals surface area contributed by atoms with E-state index in [4.69, 9.17) is 16.1 Å². The van der Waals surface area contributed by atoms with Crippen LogP contribution >= 0.6 is 11.6 Å². The molecule has 2 heterocycles. The second kappa shape index (κ2) is 7.85. The zero-order chi connectivity index (χ0) is 17.6. The van der Waals surface area contributed by atoms with Crippen molar-refractivity contribution >= 4 is 17.5 Å². The molecule has 3 rings (SSSR count). The number of pyridine rings is 1. The van der Waals surface area contributed by atoms with E-state index in [1.807, 2.05) is 6.07 Å². The first-order chi connectivity index (χ1) is 12.1. The molecule has 1 amide bonds. The van der Waals surface area contributed by atoms with Gasteiger partial charge in [-0.05, 0) is 29.8 Å². The van der Waals surface area contributed by atoms with Gasteiger partial charge in [0, 0.05) is 42.4 Å². The van der Waals surface area contributed by atoms with E-state index in [9.17, 15) is 9.18 Å². The summed E-state index contributed by atoms with van der Waals surface area (Å²) in [4.78, 5) is 20.1. The molecule has 0 bridgehead atoms. The van der Waals surface area contributed by atoms with Gasteiger partial charge in [0.25, 0.3) is 0 Å². The first kappa shape index (κ1) is 17.0. The summed E-state index contributed by atoms with van der Waals surface area (Å²) in [5.74, 6) is 0.192. The summed E-state index contributed by atoms with van der Waals surface area (Å²) in [6, 6.07) is 7.64. The molecule has 0 radical (unpaired) electrons. The number of rotatable bonds is 6. The van der Waals surface area contributed by atoms with Crippen molar-refractivity contribution in [3.63, 3.8) is 0 Å². The largest absolute Gasteiger partial charge is 0.352 e. The molecule has 0 spiro atoms. The summed E-state index contributed by atoms with van der Waals surface area (Å²) in [7, 11) is 0. The number of nitrogens with one attached hydrogen (secondary N) is 1. The Kier molecular flexibility index (Phi) is 5.35. The molecule has 1 aromatic carbocycles. The van der Waals surface area contributed by atoms with Crippen LogP contribution in [0.5, 0.6) is 0 Å². The number of nitrogens with zero attached hydrogens (tertiary/aromatic N) is 3. The Hall–Kier alpha value is -2.80. The van der Waals surface area contributed by atoms with Gasteiger partial charge in [-0.25, -0.2) is 4.39 Å². The molecule has 128 valence electrons. The predicted octanol–water partition coefficient (Wildman–Crippen LogP) is 3.17. The summed E-state index contributed by atoms with van der Waals surface area (Å²) in [6.45, 7) is 0.225. The minimum atomic E-state index is -0.416. The average Bonchev–Trinajstić information content (AvgIpc) is 3.09. The Balaban J connectivity index is 1.50. The van der Waals surface area contributed by atoms with Crippen LogP contribution in [-0.4, -0.2) is 21.0 Å². The zero-order valence-electron chi connectivity index (χ0n) is 13.1. The molecule has 0 saturated heterocycles. The normalized spacial score (nSPS) is 10.6. The summed E-state index contributed by atoms with van der Waals surface area (Å²) < 4.78 is 18.1. The molecule has 6 nitrogen and oxygen atoms in total. The van der Waals surface area contributed by atoms with Crippen LogP contribution in [0.25, 0.3) is 11.4 Å². The number of benzene rings is 1. The molecule has 0 atom stereocenters. The van der Waals surface area contributed by atoms with Gasteiger partial charge in [0.15, 0.2) is 0 Å². The monoisotopic (exact) mass is 360 g/mol. The van der Waals surface area contributed by atoms with Crippen LogP contribution in [0.4, 0.5) is 4.39 Å². The molecule has 0 aliphatic heterocycles. The third-order valence-electron chi connectivity index (χ3n) is 3.44. The third kappa shape index (κ3) is 4.60. The molecular formula is C17H14ClFN4O2. The lowest BCUT2D eigenvalue weighted by molar-refractivity contribution is -0.121. The van der Waals surface area contributed by atoms with Gasteiger partial charge in [0.1, 0.15) is 5.82 Å². The Labute approximate surface area is 148 Å². The molecule has 2 aromatic heterocycles. The smallest absolute Gasteiger partial charge is 0.227 e. The summed E-state index contributed by atoms with van der Waals surface area (Å²) >= 11 is 5.92. The van der Waals surface area contributed by atoms with Crippen LogP contribution in [0.2, 0.25) is 5.02 Å². The third-order valence-corrected chi connectivity index (χ3v) is 3.80. The molecule has 25 heavy (non-hydrogen) atoms. The second-order valence-electron chi connectivity index (χ2n) is 5.27. The van der Waals surface area contributed by atoms with Crippen LogP contribution < -0.4 is 5.32 Å². The van der Waals surface area contributed by atoms with E-state index in [1.54, 1.807) is 18.5 Å². The van der Waals surface area contributed by atoms with Crippen LogP contribution in [-0.2, 0) is 17.8 Å². The van der Waals surface area contributed by atoms with E-state index in [2.05, 4.69) is 20.4 Å². The van der Waals surface area contributed by atoms with Crippen molar-refractivity contribution in [1.82, 2.24) is 20.4 Å². The lowest BCUT2D eigenvalue weighted by Gasteiger charge is -2.06. The summed E-state index contributed by atoms with van der Waals surface area (Å²) in [5.41, 5.74) is 1.39. The maximum absolute atomic E-state index is 13.0. The van der Waals surface area contributed by atoms with Gasteiger partial charge >= 0.3 is 0 Å². The highest BCUT2D eigenvalue weighted by Gasteiger charge is 2.11. The fraction of sp³-hybridized carbons (Fsp3) is 0.176. The number of carbonyl (C=O) groups excluding carboxylic acids is 1. The number of hydrogen-bond acceptors (Lipinski definition) is 5. The number of carbonyl (C=O) groups is 1.